The Morgan fingerprint density at radius 2 is 1.54 bits per heavy atom. The van der Waals surface area contributed by atoms with Crippen LogP contribution >= 0.6 is 0 Å². The highest BCUT2D eigenvalue weighted by Crippen LogP contribution is 2.24. The number of hydrogen-bond donors (Lipinski definition) is 1. The fourth-order valence-corrected chi connectivity index (χ4v) is 3.29. The smallest absolute Gasteiger partial charge is 0.240 e. The number of nitrogens with one attached hydrogen (secondary N) is 1. The van der Waals surface area contributed by atoms with E-state index in [9.17, 15) is 8.42 Å². The molecular formula is C18H19N3O4S. The zero-order valence-electron chi connectivity index (χ0n) is 14.4. The van der Waals surface area contributed by atoms with Crippen LogP contribution in [0.4, 0.5) is 0 Å². The van der Waals surface area contributed by atoms with Gasteiger partial charge in [-0.3, -0.25) is 4.68 Å². The fourth-order valence-electron chi connectivity index (χ4n) is 2.29. The van der Waals surface area contributed by atoms with E-state index in [0.717, 1.165) is 11.4 Å². The molecule has 1 heterocycles. The van der Waals surface area contributed by atoms with E-state index in [2.05, 4.69) is 9.82 Å². The summed E-state index contributed by atoms with van der Waals surface area (Å²) < 4.78 is 39.7. The molecule has 0 spiro atoms. The van der Waals surface area contributed by atoms with E-state index in [4.69, 9.17) is 9.47 Å². The second kappa shape index (κ2) is 7.59. The number of rotatable bonds is 7. The lowest BCUT2D eigenvalue weighted by Gasteiger charge is -2.09. The summed E-state index contributed by atoms with van der Waals surface area (Å²) >= 11 is 0. The SMILES string of the molecule is COc1ccc(Oc2ccc(S(=O)(=O)NCc3ccnn3C)cc2)cc1. The van der Waals surface area contributed by atoms with Crippen LogP contribution in [-0.2, 0) is 23.6 Å². The molecule has 136 valence electrons. The topological polar surface area (TPSA) is 82.4 Å². The number of aromatic nitrogens is 2. The zero-order chi connectivity index (χ0) is 18.6. The Kier molecular flexibility index (Phi) is 5.24. The molecule has 3 aromatic rings. The molecule has 1 N–H and O–H groups in total. The molecule has 0 unspecified atom stereocenters. The Balaban J connectivity index is 1.66. The van der Waals surface area contributed by atoms with Crippen LogP contribution in [0.5, 0.6) is 17.2 Å². The van der Waals surface area contributed by atoms with Crippen molar-refractivity contribution in [3.05, 3.63) is 66.5 Å². The van der Waals surface area contributed by atoms with E-state index in [0.29, 0.717) is 11.5 Å². The van der Waals surface area contributed by atoms with Crippen LogP contribution in [0.15, 0.2) is 65.7 Å². The molecule has 2 aromatic carbocycles. The van der Waals surface area contributed by atoms with E-state index in [1.807, 2.05) is 0 Å². The second-order valence-electron chi connectivity index (χ2n) is 5.52. The molecule has 0 aliphatic rings. The second-order valence-corrected chi connectivity index (χ2v) is 7.29. The monoisotopic (exact) mass is 373 g/mol. The van der Waals surface area contributed by atoms with Crippen LogP contribution in [0.2, 0.25) is 0 Å². The first-order chi connectivity index (χ1) is 12.5. The molecule has 1 aromatic heterocycles. The first-order valence-electron chi connectivity index (χ1n) is 7.86. The minimum Gasteiger partial charge on any atom is -0.497 e. The lowest BCUT2D eigenvalue weighted by molar-refractivity contribution is 0.413. The largest absolute Gasteiger partial charge is 0.497 e. The zero-order valence-corrected chi connectivity index (χ0v) is 15.2. The van der Waals surface area contributed by atoms with E-state index in [-0.39, 0.29) is 11.4 Å². The highest BCUT2D eigenvalue weighted by molar-refractivity contribution is 7.89. The Bertz CT molecular complexity index is 964. The summed E-state index contributed by atoms with van der Waals surface area (Å²) in [6, 6.07) is 15.1. The van der Waals surface area contributed by atoms with Gasteiger partial charge in [-0.15, -0.1) is 0 Å². The van der Waals surface area contributed by atoms with Crippen molar-refractivity contribution >= 4 is 10.0 Å². The fraction of sp³-hybridized carbons (Fsp3) is 0.167. The van der Waals surface area contributed by atoms with Gasteiger partial charge < -0.3 is 9.47 Å². The van der Waals surface area contributed by atoms with Gasteiger partial charge in [0.05, 0.1) is 24.2 Å². The van der Waals surface area contributed by atoms with Crippen molar-refractivity contribution in [1.82, 2.24) is 14.5 Å². The van der Waals surface area contributed by atoms with Crippen LogP contribution in [0.3, 0.4) is 0 Å². The van der Waals surface area contributed by atoms with Gasteiger partial charge in [-0.2, -0.15) is 5.10 Å². The third kappa shape index (κ3) is 4.22. The lowest BCUT2D eigenvalue weighted by atomic mass is 10.3. The molecule has 7 nitrogen and oxygen atoms in total. The van der Waals surface area contributed by atoms with E-state index in [1.54, 1.807) is 67.5 Å². The summed E-state index contributed by atoms with van der Waals surface area (Å²) in [6.07, 6.45) is 1.62. The summed E-state index contributed by atoms with van der Waals surface area (Å²) in [5.41, 5.74) is 0.771. The molecular weight excluding hydrogens is 354 g/mol. The van der Waals surface area contributed by atoms with Gasteiger partial charge in [0.1, 0.15) is 17.2 Å². The predicted molar refractivity (Wildman–Crippen MR) is 96.7 cm³/mol. The highest BCUT2D eigenvalue weighted by atomic mass is 32.2. The maximum atomic E-state index is 12.4. The number of methoxy groups -OCH3 is 1. The molecule has 0 aliphatic heterocycles. The molecule has 0 fully saturated rings. The Labute approximate surface area is 152 Å². The van der Waals surface area contributed by atoms with Crippen LogP contribution in [-0.4, -0.2) is 25.3 Å². The average molecular weight is 373 g/mol. The van der Waals surface area contributed by atoms with Gasteiger partial charge in [0, 0.05) is 13.2 Å². The normalized spacial score (nSPS) is 11.3. The third-order valence-electron chi connectivity index (χ3n) is 3.79. The average Bonchev–Trinajstić information content (AvgIpc) is 3.06. The van der Waals surface area contributed by atoms with Crippen molar-refractivity contribution in [2.45, 2.75) is 11.4 Å². The molecule has 8 heteroatoms. The van der Waals surface area contributed by atoms with Gasteiger partial charge in [-0.25, -0.2) is 13.1 Å². The van der Waals surface area contributed by atoms with Crippen molar-refractivity contribution in [2.24, 2.45) is 7.05 Å². The summed E-state index contributed by atoms with van der Waals surface area (Å²) in [7, 11) is -0.261. The predicted octanol–water partition coefficient (Wildman–Crippen LogP) is 2.70. The summed E-state index contributed by atoms with van der Waals surface area (Å²) in [6.45, 7) is 0.170. The van der Waals surface area contributed by atoms with Gasteiger partial charge in [-0.05, 0) is 54.6 Å². The van der Waals surface area contributed by atoms with Crippen LogP contribution < -0.4 is 14.2 Å². The van der Waals surface area contributed by atoms with Gasteiger partial charge in [0.25, 0.3) is 0 Å². The van der Waals surface area contributed by atoms with Crippen LogP contribution in [0.25, 0.3) is 0 Å². The standard InChI is InChI=1S/C18H19N3O4S/c1-21-14(11-12-19-21)13-20-26(22,23)18-9-7-17(8-10-18)25-16-5-3-15(24-2)4-6-16/h3-12,20H,13H2,1-2H3. The van der Waals surface area contributed by atoms with Crippen molar-refractivity contribution in [2.75, 3.05) is 7.11 Å². The van der Waals surface area contributed by atoms with Gasteiger partial charge in [-0.1, -0.05) is 0 Å². The highest BCUT2D eigenvalue weighted by Gasteiger charge is 2.14. The third-order valence-corrected chi connectivity index (χ3v) is 5.21. The molecule has 0 atom stereocenters. The lowest BCUT2D eigenvalue weighted by Crippen LogP contribution is -2.24. The number of nitrogens with zero attached hydrogens (tertiary/aromatic N) is 2. The summed E-state index contributed by atoms with van der Waals surface area (Å²) in [5.74, 6) is 1.91. The van der Waals surface area contributed by atoms with Gasteiger partial charge in [0.2, 0.25) is 10.0 Å². The summed E-state index contributed by atoms with van der Waals surface area (Å²) in [5, 5.41) is 4.01. The van der Waals surface area contributed by atoms with Crippen molar-refractivity contribution in [3.63, 3.8) is 0 Å². The maximum absolute atomic E-state index is 12.4. The molecule has 26 heavy (non-hydrogen) atoms. The van der Waals surface area contributed by atoms with Crippen LogP contribution in [0, 0.1) is 0 Å². The molecule has 0 amide bonds. The quantitative estimate of drug-likeness (QED) is 0.689. The first kappa shape index (κ1) is 18.0. The van der Waals surface area contributed by atoms with Gasteiger partial charge >= 0.3 is 0 Å². The first-order valence-corrected chi connectivity index (χ1v) is 9.35. The summed E-state index contributed by atoms with van der Waals surface area (Å²) in [4.78, 5) is 0.168. The molecule has 0 saturated carbocycles. The Morgan fingerprint density at radius 3 is 2.08 bits per heavy atom. The number of benzene rings is 2. The Morgan fingerprint density at radius 1 is 0.962 bits per heavy atom. The van der Waals surface area contributed by atoms with Gasteiger partial charge in [0.15, 0.2) is 0 Å². The molecule has 0 radical (unpaired) electrons. The Hall–Kier alpha value is -2.84. The van der Waals surface area contributed by atoms with E-state index < -0.39 is 10.0 Å². The number of ether oxygens (including phenoxy) is 2. The van der Waals surface area contributed by atoms with Crippen LogP contribution in [0.1, 0.15) is 5.69 Å². The maximum Gasteiger partial charge on any atom is 0.240 e. The minimum atomic E-state index is -3.61. The molecule has 0 saturated heterocycles. The van der Waals surface area contributed by atoms with Crippen molar-refractivity contribution in [1.29, 1.82) is 0 Å². The minimum absolute atomic E-state index is 0.168. The van der Waals surface area contributed by atoms with Crippen molar-refractivity contribution in [3.8, 4) is 17.2 Å². The molecule has 0 aliphatic carbocycles. The van der Waals surface area contributed by atoms with Crippen molar-refractivity contribution < 1.29 is 17.9 Å². The number of hydrogen-bond acceptors (Lipinski definition) is 5. The number of sulfonamides is 1. The molecule has 0 bridgehead atoms. The number of aryl methyl sites for hydroxylation is 1. The van der Waals surface area contributed by atoms with E-state index >= 15 is 0 Å². The van der Waals surface area contributed by atoms with E-state index in [1.165, 1.54) is 12.1 Å². The molecule has 3 rings (SSSR count).